The fourth-order valence-corrected chi connectivity index (χ4v) is 2.72. The van der Waals surface area contributed by atoms with Crippen LogP contribution in [0.25, 0.3) is 0 Å². The monoisotopic (exact) mass is 227 g/mol. The van der Waals surface area contributed by atoms with Crippen molar-refractivity contribution in [1.82, 2.24) is 4.90 Å². The van der Waals surface area contributed by atoms with Gasteiger partial charge in [-0.2, -0.15) is 0 Å². The molecule has 0 aromatic rings. The smallest absolute Gasteiger partial charge is 0.307 e. The highest BCUT2D eigenvalue weighted by molar-refractivity contribution is 5.69. The maximum absolute atomic E-state index is 10.9. The molecule has 94 valence electrons. The summed E-state index contributed by atoms with van der Waals surface area (Å²) in [6.45, 7) is 7.86. The molecule has 0 bridgehead atoms. The Kier molecular flexibility index (Phi) is 5.26. The van der Waals surface area contributed by atoms with Gasteiger partial charge in [0.25, 0.3) is 0 Å². The van der Waals surface area contributed by atoms with Gasteiger partial charge >= 0.3 is 5.97 Å². The third-order valence-electron chi connectivity index (χ3n) is 3.94. The number of carboxylic acid groups (broad SMARTS) is 1. The van der Waals surface area contributed by atoms with Crippen LogP contribution in [0, 0.1) is 11.8 Å². The normalized spacial score (nSPS) is 27.2. The first-order valence-corrected chi connectivity index (χ1v) is 6.55. The molecule has 0 aromatic carbocycles. The largest absolute Gasteiger partial charge is 0.481 e. The van der Waals surface area contributed by atoms with Crippen molar-refractivity contribution in [3.05, 3.63) is 0 Å². The van der Waals surface area contributed by atoms with Crippen molar-refractivity contribution < 1.29 is 9.90 Å². The molecule has 3 heteroatoms. The number of aliphatic carboxylic acids is 1. The number of carbonyl (C=O) groups is 1. The average Bonchev–Trinajstić information content (AvgIpc) is 2.73. The summed E-state index contributed by atoms with van der Waals surface area (Å²) in [4.78, 5) is 13.2. The lowest BCUT2D eigenvalue weighted by Crippen LogP contribution is -2.38. The van der Waals surface area contributed by atoms with E-state index in [1.54, 1.807) is 6.92 Å². The zero-order valence-corrected chi connectivity index (χ0v) is 10.8. The molecule has 0 saturated heterocycles. The lowest BCUT2D eigenvalue weighted by atomic mass is 10.0. The van der Waals surface area contributed by atoms with Gasteiger partial charge in [0.15, 0.2) is 0 Å². The Hall–Kier alpha value is -0.570. The third-order valence-corrected chi connectivity index (χ3v) is 3.94. The van der Waals surface area contributed by atoms with E-state index in [-0.39, 0.29) is 5.92 Å². The zero-order chi connectivity index (χ0) is 12.1. The second-order valence-corrected chi connectivity index (χ2v) is 5.07. The van der Waals surface area contributed by atoms with Crippen LogP contribution < -0.4 is 0 Å². The van der Waals surface area contributed by atoms with Crippen LogP contribution in [0.5, 0.6) is 0 Å². The minimum atomic E-state index is -0.677. The van der Waals surface area contributed by atoms with Crippen LogP contribution in [-0.2, 0) is 4.79 Å². The van der Waals surface area contributed by atoms with Gasteiger partial charge in [-0.15, -0.1) is 0 Å². The van der Waals surface area contributed by atoms with E-state index in [1.165, 1.54) is 25.7 Å². The molecule has 1 aliphatic rings. The predicted molar refractivity (Wildman–Crippen MR) is 65.5 cm³/mol. The number of rotatable bonds is 6. The van der Waals surface area contributed by atoms with Crippen molar-refractivity contribution in [1.29, 1.82) is 0 Å². The summed E-state index contributed by atoms with van der Waals surface area (Å²) in [6, 6.07) is 0.622. The molecular weight excluding hydrogens is 202 g/mol. The Balaban J connectivity index is 2.45. The molecule has 1 saturated carbocycles. The van der Waals surface area contributed by atoms with Gasteiger partial charge in [0.05, 0.1) is 5.92 Å². The molecule has 16 heavy (non-hydrogen) atoms. The second kappa shape index (κ2) is 6.24. The number of nitrogens with zero attached hydrogens (tertiary/aromatic N) is 1. The van der Waals surface area contributed by atoms with E-state index < -0.39 is 5.97 Å². The van der Waals surface area contributed by atoms with Crippen LogP contribution >= 0.6 is 0 Å². The van der Waals surface area contributed by atoms with Crippen molar-refractivity contribution >= 4 is 5.97 Å². The Morgan fingerprint density at radius 3 is 2.56 bits per heavy atom. The van der Waals surface area contributed by atoms with Crippen molar-refractivity contribution in [2.75, 3.05) is 13.1 Å². The Morgan fingerprint density at radius 1 is 1.44 bits per heavy atom. The molecule has 1 aliphatic carbocycles. The van der Waals surface area contributed by atoms with Crippen LogP contribution in [0.15, 0.2) is 0 Å². The van der Waals surface area contributed by atoms with Crippen LogP contribution in [0.4, 0.5) is 0 Å². The van der Waals surface area contributed by atoms with Gasteiger partial charge in [-0.3, -0.25) is 9.69 Å². The van der Waals surface area contributed by atoms with Gasteiger partial charge in [-0.05, 0) is 31.7 Å². The molecule has 0 aliphatic heterocycles. The summed E-state index contributed by atoms with van der Waals surface area (Å²) in [5, 5.41) is 8.94. The SMILES string of the molecule is CCC1CCC(N(CC)CC(C)C(=O)O)C1. The van der Waals surface area contributed by atoms with Gasteiger partial charge in [-0.25, -0.2) is 0 Å². The Bertz CT molecular complexity index is 230. The number of hydrogen-bond acceptors (Lipinski definition) is 2. The van der Waals surface area contributed by atoms with Crippen LogP contribution in [0.3, 0.4) is 0 Å². The van der Waals surface area contributed by atoms with Crippen LogP contribution in [-0.4, -0.2) is 35.1 Å². The molecular formula is C13H25NO2. The molecule has 3 atom stereocenters. The zero-order valence-electron chi connectivity index (χ0n) is 10.8. The minimum Gasteiger partial charge on any atom is -0.481 e. The topological polar surface area (TPSA) is 40.5 Å². The average molecular weight is 227 g/mol. The molecule has 0 heterocycles. The van der Waals surface area contributed by atoms with E-state index in [0.717, 1.165) is 12.5 Å². The molecule has 0 spiro atoms. The Morgan fingerprint density at radius 2 is 2.12 bits per heavy atom. The molecule has 0 amide bonds. The molecule has 3 nitrogen and oxygen atoms in total. The van der Waals surface area contributed by atoms with E-state index in [1.807, 2.05) is 0 Å². The first kappa shape index (κ1) is 13.5. The van der Waals surface area contributed by atoms with Gasteiger partial charge in [0.2, 0.25) is 0 Å². The number of carboxylic acids is 1. The molecule has 0 radical (unpaired) electrons. The van der Waals surface area contributed by atoms with Crippen LogP contribution in [0.1, 0.15) is 46.5 Å². The van der Waals surface area contributed by atoms with E-state index in [9.17, 15) is 4.79 Å². The van der Waals surface area contributed by atoms with E-state index in [0.29, 0.717) is 12.6 Å². The number of hydrogen-bond donors (Lipinski definition) is 1. The quantitative estimate of drug-likeness (QED) is 0.758. The lowest BCUT2D eigenvalue weighted by molar-refractivity contribution is -0.141. The highest BCUT2D eigenvalue weighted by Gasteiger charge is 2.29. The molecule has 3 unspecified atom stereocenters. The van der Waals surface area contributed by atoms with E-state index in [4.69, 9.17) is 5.11 Å². The second-order valence-electron chi connectivity index (χ2n) is 5.07. The summed E-state index contributed by atoms with van der Waals surface area (Å²) in [5.74, 6) is -0.0664. The van der Waals surface area contributed by atoms with Gasteiger partial charge < -0.3 is 5.11 Å². The third kappa shape index (κ3) is 3.48. The van der Waals surface area contributed by atoms with E-state index >= 15 is 0 Å². The fraction of sp³-hybridized carbons (Fsp3) is 0.923. The summed E-state index contributed by atoms with van der Waals surface area (Å²) in [5.41, 5.74) is 0. The summed E-state index contributed by atoms with van der Waals surface area (Å²) < 4.78 is 0. The van der Waals surface area contributed by atoms with Crippen molar-refractivity contribution in [2.24, 2.45) is 11.8 Å². The highest BCUT2D eigenvalue weighted by atomic mass is 16.4. The van der Waals surface area contributed by atoms with Gasteiger partial charge in [-0.1, -0.05) is 27.2 Å². The van der Waals surface area contributed by atoms with Crippen molar-refractivity contribution in [3.63, 3.8) is 0 Å². The standard InChI is InChI=1S/C13H25NO2/c1-4-11-6-7-12(8-11)14(5-2)9-10(3)13(15)16/h10-12H,4-9H2,1-3H3,(H,15,16). The first-order chi connectivity index (χ1) is 7.58. The summed E-state index contributed by atoms with van der Waals surface area (Å²) in [7, 11) is 0. The van der Waals surface area contributed by atoms with Gasteiger partial charge in [0.1, 0.15) is 0 Å². The molecule has 1 rings (SSSR count). The van der Waals surface area contributed by atoms with E-state index in [2.05, 4.69) is 18.7 Å². The lowest BCUT2D eigenvalue weighted by Gasteiger charge is -2.29. The minimum absolute atomic E-state index is 0.249. The van der Waals surface area contributed by atoms with Crippen molar-refractivity contribution in [2.45, 2.75) is 52.5 Å². The predicted octanol–water partition coefficient (Wildman–Crippen LogP) is 2.61. The first-order valence-electron chi connectivity index (χ1n) is 6.55. The molecule has 1 fully saturated rings. The van der Waals surface area contributed by atoms with Gasteiger partial charge in [0, 0.05) is 12.6 Å². The highest BCUT2D eigenvalue weighted by Crippen LogP contribution is 2.31. The fourth-order valence-electron chi connectivity index (χ4n) is 2.72. The maximum atomic E-state index is 10.9. The summed E-state index contributed by atoms with van der Waals surface area (Å²) in [6.07, 6.45) is 5.09. The van der Waals surface area contributed by atoms with Crippen molar-refractivity contribution in [3.8, 4) is 0 Å². The molecule has 0 aromatic heterocycles. The Labute approximate surface area is 98.8 Å². The maximum Gasteiger partial charge on any atom is 0.307 e. The van der Waals surface area contributed by atoms with Crippen LogP contribution in [0.2, 0.25) is 0 Å². The molecule has 1 N–H and O–H groups in total. The summed E-state index contributed by atoms with van der Waals surface area (Å²) >= 11 is 0.